The minimum absolute atomic E-state index is 0.00146. The normalized spacial score (nSPS) is 14.0. The number of benzene rings is 2. The number of alkyl halides is 2. The summed E-state index contributed by atoms with van der Waals surface area (Å²) in [6, 6.07) is 12.2. The summed E-state index contributed by atoms with van der Waals surface area (Å²) in [6.45, 7) is 0.647. The van der Waals surface area contributed by atoms with Crippen LogP contribution in [0.4, 0.5) is 14.5 Å². The largest absolute Gasteiger partial charge is 0.433 e. The minimum atomic E-state index is -3.27. The lowest BCUT2D eigenvalue weighted by Gasteiger charge is -2.17. The summed E-state index contributed by atoms with van der Waals surface area (Å²) >= 11 is 0. The second-order valence-corrected chi connectivity index (χ2v) is 5.36. The van der Waals surface area contributed by atoms with E-state index in [1.165, 1.54) is 30.3 Å². The highest BCUT2D eigenvalue weighted by molar-refractivity contribution is 6.25. The topological polar surface area (TPSA) is 55.4 Å². The minimum Gasteiger partial charge on any atom is -0.433 e. The van der Waals surface area contributed by atoms with Crippen LogP contribution in [0.1, 0.15) is 27.6 Å². The molecule has 0 saturated heterocycles. The summed E-state index contributed by atoms with van der Waals surface area (Å²) in [5.41, 5.74) is 1.31. The zero-order valence-electron chi connectivity index (χ0n) is 12.7. The van der Waals surface area contributed by atoms with Crippen LogP contribution in [0.5, 0.6) is 5.75 Å². The Hall–Kier alpha value is -3.02. The number of ketones is 2. The van der Waals surface area contributed by atoms with Crippen molar-refractivity contribution in [2.45, 2.75) is 13.0 Å². The summed E-state index contributed by atoms with van der Waals surface area (Å²) in [4.78, 5) is 24.5. The van der Waals surface area contributed by atoms with Crippen molar-refractivity contribution in [2.24, 2.45) is 0 Å². The molecule has 0 aromatic heterocycles. The number of hydrogen-bond acceptors (Lipinski definition) is 4. The Labute approximate surface area is 136 Å². The van der Waals surface area contributed by atoms with Gasteiger partial charge in [-0.15, -0.1) is 0 Å². The van der Waals surface area contributed by atoms with Gasteiger partial charge in [0.2, 0.25) is 5.78 Å². The van der Waals surface area contributed by atoms with Gasteiger partial charge in [-0.2, -0.15) is 8.78 Å². The van der Waals surface area contributed by atoms with Gasteiger partial charge in [0.25, 0.3) is 0 Å². The van der Waals surface area contributed by atoms with Gasteiger partial charge in [-0.3, -0.25) is 9.59 Å². The molecule has 0 amide bonds. The van der Waals surface area contributed by atoms with Gasteiger partial charge in [0, 0.05) is 29.8 Å². The molecule has 24 heavy (non-hydrogen) atoms. The molecule has 0 heterocycles. The molecular formula is C18H13F2NO3. The number of allylic oxidation sites excluding steroid dienone is 2. The van der Waals surface area contributed by atoms with Crippen molar-refractivity contribution in [3.05, 3.63) is 71.4 Å². The number of carbonyl (C=O) groups excluding carboxylic acids is 2. The van der Waals surface area contributed by atoms with Crippen LogP contribution < -0.4 is 10.1 Å². The summed E-state index contributed by atoms with van der Waals surface area (Å²) in [5, 5.41) is 2.84. The maximum atomic E-state index is 12.8. The molecule has 2 aromatic rings. The van der Waals surface area contributed by atoms with E-state index in [1.807, 2.05) is 0 Å². The molecule has 0 atom stereocenters. The first-order valence-corrected chi connectivity index (χ1v) is 7.17. The second-order valence-electron chi connectivity index (χ2n) is 5.36. The van der Waals surface area contributed by atoms with Gasteiger partial charge in [0.05, 0.1) is 5.70 Å². The molecule has 122 valence electrons. The number of anilines is 1. The summed E-state index contributed by atoms with van der Waals surface area (Å²) in [7, 11) is 0. The van der Waals surface area contributed by atoms with Crippen molar-refractivity contribution in [2.75, 3.05) is 5.32 Å². The van der Waals surface area contributed by atoms with Crippen molar-refractivity contribution in [3.63, 3.8) is 0 Å². The number of fused-ring (bicyclic) bond motifs is 1. The van der Waals surface area contributed by atoms with E-state index >= 15 is 0 Å². The van der Waals surface area contributed by atoms with Crippen LogP contribution >= 0.6 is 0 Å². The number of rotatable bonds is 4. The van der Waals surface area contributed by atoms with Crippen molar-refractivity contribution < 1.29 is 23.1 Å². The van der Waals surface area contributed by atoms with E-state index in [0.29, 0.717) is 23.7 Å². The van der Waals surface area contributed by atoms with Gasteiger partial charge in [-0.05, 0) is 24.3 Å². The molecule has 1 aliphatic carbocycles. The van der Waals surface area contributed by atoms with Gasteiger partial charge in [-0.25, -0.2) is 0 Å². The lowest BCUT2D eigenvalue weighted by molar-refractivity contribution is -0.158. The van der Waals surface area contributed by atoms with Crippen molar-refractivity contribution >= 4 is 17.3 Å². The lowest BCUT2D eigenvalue weighted by atomic mass is 9.92. The van der Waals surface area contributed by atoms with Crippen LogP contribution in [0, 0.1) is 0 Å². The number of Topliss-reactive ketones (excluding diaryl/α,β-unsaturated/α-hetero) is 1. The van der Waals surface area contributed by atoms with E-state index in [-0.39, 0.29) is 23.0 Å². The van der Waals surface area contributed by atoms with Gasteiger partial charge >= 0.3 is 6.11 Å². The second kappa shape index (κ2) is 5.88. The van der Waals surface area contributed by atoms with Crippen molar-refractivity contribution in [3.8, 4) is 5.75 Å². The molecule has 3 rings (SSSR count). The fraction of sp³-hybridized carbons (Fsp3) is 0.111. The zero-order chi connectivity index (χ0) is 17.3. The molecule has 0 unspecified atom stereocenters. The number of halogens is 2. The predicted molar refractivity (Wildman–Crippen MR) is 84.5 cm³/mol. The Bertz CT molecular complexity index is 836. The molecule has 6 heteroatoms. The molecular weight excluding hydrogens is 316 g/mol. The third kappa shape index (κ3) is 3.32. The van der Waals surface area contributed by atoms with Crippen LogP contribution in [0.2, 0.25) is 0 Å². The molecule has 0 saturated carbocycles. The quantitative estimate of drug-likeness (QED) is 0.919. The summed E-state index contributed by atoms with van der Waals surface area (Å²) in [5.74, 6) is -0.567. The standard InChI is InChI=1S/C18H13F2NO3/c1-18(19,20)24-12-8-6-11(7-9-12)21-15-10-16(22)13-4-2-3-5-14(13)17(15)23/h2-10,21H,1H3. The summed E-state index contributed by atoms with van der Waals surface area (Å²) < 4.78 is 30.0. The average molecular weight is 329 g/mol. The van der Waals surface area contributed by atoms with Crippen LogP contribution in [-0.2, 0) is 0 Å². The molecule has 0 aliphatic heterocycles. The molecule has 0 spiro atoms. The van der Waals surface area contributed by atoms with Gasteiger partial charge in [-0.1, -0.05) is 24.3 Å². The van der Waals surface area contributed by atoms with E-state index < -0.39 is 6.11 Å². The number of nitrogens with one attached hydrogen (secondary N) is 1. The van der Waals surface area contributed by atoms with Crippen LogP contribution in [0.15, 0.2) is 60.3 Å². The third-order valence-corrected chi connectivity index (χ3v) is 3.39. The lowest BCUT2D eigenvalue weighted by Crippen LogP contribution is -2.21. The van der Waals surface area contributed by atoms with Crippen LogP contribution in [-0.4, -0.2) is 17.7 Å². The molecule has 4 nitrogen and oxygen atoms in total. The first-order chi connectivity index (χ1) is 11.3. The van der Waals surface area contributed by atoms with Crippen LogP contribution in [0.3, 0.4) is 0 Å². The molecule has 0 fully saturated rings. The predicted octanol–water partition coefficient (Wildman–Crippen LogP) is 4.05. The third-order valence-electron chi connectivity index (χ3n) is 3.39. The molecule has 1 aliphatic rings. The highest BCUT2D eigenvalue weighted by Crippen LogP contribution is 2.25. The highest BCUT2D eigenvalue weighted by Gasteiger charge is 2.25. The number of ether oxygens (including phenoxy) is 1. The number of carbonyl (C=O) groups is 2. The van der Waals surface area contributed by atoms with E-state index in [2.05, 4.69) is 10.1 Å². The fourth-order valence-corrected chi connectivity index (χ4v) is 2.38. The SMILES string of the molecule is CC(F)(F)Oc1ccc(NC2=CC(=O)c3ccccc3C2=O)cc1. The van der Waals surface area contributed by atoms with E-state index in [9.17, 15) is 18.4 Å². The maximum Gasteiger partial charge on any atom is 0.394 e. The van der Waals surface area contributed by atoms with Crippen LogP contribution in [0.25, 0.3) is 0 Å². The Balaban J connectivity index is 1.80. The average Bonchev–Trinajstić information content (AvgIpc) is 2.53. The molecule has 0 bridgehead atoms. The zero-order valence-corrected chi connectivity index (χ0v) is 12.7. The Kier molecular flexibility index (Phi) is 3.89. The van der Waals surface area contributed by atoms with Crippen molar-refractivity contribution in [1.29, 1.82) is 0 Å². The summed E-state index contributed by atoms with van der Waals surface area (Å²) in [6.07, 6.45) is -2.04. The van der Waals surface area contributed by atoms with Gasteiger partial charge < -0.3 is 10.1 Å². The fourth-order valence-electron chi connectivity index (χ4n) is 2.38. The first-order valence-electron chi connectivity index (χ1n) is 7.17. The van der Waals surface area contributed by atoms with E-state index in [4.69, 9.17) is 0 Å². The maximum absolute atomic E-state index is 12.8. The highest BCUT2D eigenvalue weighted by atomic mass is 19.3. The smallest absolute Gasteiger partial charge is 0.394 e. The van der Waals surface area contributed by atoms with E-state index in [0.717, 1.165) is 0 Å². The monoisotopic (exact) mass is 329 g/mol. The Morgan fingerprint density at radius 1 is 0.958 bits per heavy atom. The van der Waals surface area contributed by atoms with Gasteiger partial charge in [0.1, 0.15) is 5.75 Å². The molecule has 0 radical (unpaired) electrons. The molecule has 2 aromatic carbocycles. The Morgan fingerprint density at radius 3 is 2.21 bits per heavy atom. The first kappa shape index (κ1) is 15.9. The molecule has 1 N–H and O–H groups in total. The van der Waals surface area contributed by atoms with E-state index in [1.54, 1.807) is 24.3 Å². The van der Waals surface area contributed by atoms with Crippen molar-refractivity contribution in [1.82, 2.24) is 0 Å². The number of hydrogen-bond donors (Lipinski definition) is 1. The van der Waals surface area contributed by atoms with Gasteiger partial charge in [0.15, 0.2) is 5.78 Å². The Morgan fingerprint density at radius 2 is 1.58 bits per heavy atom.